The number of rotatable bonds is 3. The van der Waals surface area contributed by atoms with Crippen LogP contribution in [0.1, 0.15) is 12.8 Å². The number of nitrogens with one attached hydrogen (secondary N) is 3. The van der Waals surface area contributed by atoms with Crippen LogP contribution in [0.3, 0.4) is 0 Å². The molecule has 21 heavy (non-hydrogen) atoms. The third kappa shape index (κ3) is 3.85. The molecule has 2 amide bonds. The van der Waals surface area contributed by atoms with Gasteiger partial charge in [0, 0.05) is 25.6 Å². The smallest absolute Gasteiger partial charge is 0.391 e. The number of amides is 2. The lowest BCUT2D eigenvalue weighted by molar-refractivity contribution is -0.171. The van der Waals surface area contributed by atoms with Crippen LogP contribution >= 0.6 is 0 Å². The molecule has 0 radical (unpaired) electrons. The Morgan fingerprint density at radius 3 is 2.57 bits per heavy atom. The SMILES string of the molecule is O=C(NCC1CNCC1O)C1CCC(C(F)(F)F)NC1=O. The van der Waals surface area contributed by atoms with Crippen molar-refractivity contribution in [3.8, 4) is 0 Å². The van der Waals surface area contributed by atoms with Crippen LogP contribution in [0.15, 0.2) is 0 Å². The van der Waals surface area contributed by atoms with E-state index < -0.39 is 36.1 Å². The Labute approximate surface area is 119 Å². The van der Waals surface area contributed by atoms with Gasteiger partial charge < -0.3 is 21.1 Å². The fourth-order valence-electron chi connectivity index (χ4n) is 2.59. The molecule has 0 aromatic heterocycles. The van der Waals surface area contributed by atoms with Gasteiger partial charge in [0.15, 0.2) is 0 Å². The van der Waals surface area contributed by atoms with E-state index in [1.165, 1.54) is 0 Å². The van der Waals surface area contributed by atoms with Crippen LogP contribution in [0, 0.1) is 11.8 Å². The molecule has 0 saturated carbocycles. The van der Waals surface area contributed by atoms with Crippen molar-refractivity contribution in [2.24, 2.45) is 11.8 Å². The summed E-state index contributed by atoms with van der Waals surface area (Å²) in [6.07, 6.45) is -5.49. The molecule has 6 nitrogen and oxygen atoms in total. The van der Waals surface area contributed by atoms with E-state index in [0.717, 1.165) is 0 Å². The van der Waals surface area contributed by atoms with E-state index in [1.807, 2.05) is 5.32 Å². The second kappa shape index (κ2) is 6.18. The van der Waals surface area contributed by atoms with Crippen LogP contribution in [0.4, 0.5) is 13.2 Å². The highest BCUT2D eigenvalue weighted by Gasteiger charge is 2.45. The number of aliphatic hydroxyl groups is 1. The molecule has 120 valence electrons. The highest BCUT2D eigenvalue weighted by molar-refractivity contribution is 6.00. The maximum atomic E-state index is 12.5. The first kappa shape index (κ1) is 16.0. The van der Waals surface area contributed by atoms with Crippen molar-refractivity contribution in [3.63, 3.8) is 0 Å². The molecule has 2 rings (SSSR count). The predicted molar refractivity (Wildman–Crippen MR) is 66.1 cm³/mol. The first-order valence-electron chi connectivity index (χ1n) is 6.82. The number of hydrogen-bond donors (Lipinski definition) is 4. The minimum absolute atomic E-state index is 0.132. The molecule has 2 aliphatic rings. The minimum atomic E-state index is -4.49. The second-order valence-electron chi connectivity index (χ2n) is 5.46. The molecular weight excluding hydrogens is 291 g/mol. The van der Waals surface area contributed by atoms with Crippen LogP contribution < -0.4 is 16.0 Å². The monoisotopic (exact) mass is 309 g/mol. The molecule has 4 unspecified atom stereocenters. The van der Waals surface area contributed by atoms with Crippen LogP contribution in [0.2, 0.25) is 0 Å². The Morgan fingerprint density at radius 1 is 1.33 bits per heavy atom. The predicted octanol–water partition coefficient (Wildman–Crippen LogP) is -0.860. The minimum Gasteiger partial charge on any atom is -0.391 e. The second-order valence-corrected chi connectivity index (χ2v) is 5.46. The lowest BCUT2D eigenvalue weighted by Gasteiger charge is -2.30. The lowest BCUT2D eigenvalue weighted by Crippen LogP contribution is -2.54. The van der Waals surface area contributed by atoms with Crippen molar-refractivity contribution >= 4 is 11.8 Å². The zero-order valence-electron chi connectivity index (χ0n) is 11.2. The van der Waals surface area contributed by atoms with E-state index in [0.29, 0.717) is 13.1 Å². The van der Waals surface area contributed by atoms with Gasteiger partial charge in [-0.1, -0.05) is 0 Å². The number of hydrogen-bond acceptors (Lipinski definition) is 4. The number of piperidine rings is 1. The number of carbonyl (C=O) groups excluding carboxylic acids is 2. The highest BCUT2D eigenvalue weighted by Crippen LogP contribution is 2.28. The average Bonchev–Trinajstić information content (AvgIpc) is 2.80. The summed E-state index contributed by atoms with van der Waals surface area (Å²) in [4.78, 5) is 23.5. The van der Waals surface area contributed by atoms with Crippen LogP contribution in [0.25, 0.3) is 0 Å². The summed E-state index contributed by atoms with van der Waals surface area (Å²) in [5.74, 6) is -2.74. The molecule has 2 fully saturated rings. The molecule has 4 atom stereocenters. The van der Waals surface area contributed by atoms with Gasteiger partial charge in [-0.2, -0.15) is 13.2 Å². The van der Waals surface area contributed by atoms with Crippen LogP contribution in [-0.2, 0) is 9.59 Å². The summed E-state index contributed by atoms with van der Waals surface area (Å²) in [7, 11) is 0. The molecular formula is C12H18F3N3O3. The van der Waals surface area contributed by atoms with E-state index >= 15 is 0 Å². The van der Waals surface area contributed by atoms with E-state index in [1.54, 1.807) is 0 Å². The Morgan fingerprint density at radius 2 is 2.05 bits per heavy atom. The zero-order valence-corrected chi connectivity index (χ0v) is 11.2. The zero-order chi connectivity index (χ0) is 15.6. The summed E-state index contributed by atoms with van der Waals surface area (Å²) in [6, 6.07) is -1.88. The number of β-amino-alcohol motifs (C(OH)–C–C–N with tert-alkyl or cyclic N) is 1. The van der Waals surface area contributed by atoms with Crippen molar-refractivity contribution < 1.29 is 27.9 Å². The van der Waals surface area contributed by atoms with Crippen molar-refractivity contribution in [2.45, 2.75) is 31.2 Å². The standard InChI is InChI=1S/C12H18F3N3O3/c13-12(14,15)9-2-1-7(11(21)18-9)10(20)17-4-6-3-16-5-8(6)19/h6-9,16,19H,1-5H2,(H,17,20)(H,18,21). The highest BCUT2D eigenvalue weighted by atomic mass is 19.4. The summed E-state index contributed by atoms with van der Waals surface area (Å²) in [5, 5.41) is 16.9. The lowest BCUT2D eigenvalue weighted by atomic mass is 9.92. The summed E-state index contributed by atoms with van der Waals surface area (Å²) in [6.45, 7) is 1.19. The number of carbonyl (C=O) groups is 2. The molecule has 4 N–H and O–H groups in total. The molecule has 0 bridgehead atoms. The van der Waals surface area contributed by atoms with Gasteiger partial charge in [-0.15, -0.1) is 0 Å². The van der Waals surface area contributed by atoms with Gasteiger partial charge in [0.2, 0.25) is 11.8 Å². The Bertz CT molecular complexity index is 416. The van der Waals surface area contributed by atoms with E-state index in [9.17, 15) is 27.9 Å². The van der Waals surface area contributed by atoms with Crippen LogP contribution in [0.5, 0.6) is 0 Å². The topological polar surface area (TPSA) is 90.5 Å². The Balaban J connectivity index is 1.82. The van der Waals surface area contributed by atoms with Gasteiger partial charge in [0.05, 0.1) is 6.10 Å². The average molecular weight is 309 g/mol. The Hall–Kier alpha value is -1.35. The van der Waals surface area contributed by atoms with Gasteiger partial charge >= 0.3 is 6.18 Å². The number of alkyl halides is 3. The molecule has 0 spiro atoms. The van der Waals surface area contributed by atoms with Crippen molar-refractivity contribution in [1.82, 2.24) is 16.0 Å². The van der Waals surface area contributed by atoms with E-state index in [2.05, 4.69) is 10.6 Å². The van der Waals surface area contributed by atoms with Crippen molar-refractivity contribution in [2.75, 3.05) is 19.6 Å². The maximum absolute atomic E-state index is 12.5. The quantitative estimate of drug-likeness (QED) is 0.511. The maximum Gasteiger partial charge on any atom is 0.408 e. The van der Waals surface area contributed by atoms with Gasteiger partial charge in [-0.25, -0.2) is 0 Å². The Kier molecular flexibility index (Phi) is 4.72. The third-order valence-corrected chi connectivity index (χ3v) is 3.93. The van der Waals surface area contributed by atoms with Gasteiger partial charge in [-0.3, -0.25) is 9.59 Å². The third-order valence-electron chi connectivity index (χ3n) is 3.93. The molecule has 2 aliphatic heterocycles. The van der Waals surface area contributed by atoms with E-state index in [-0.39, 0.29) is 25.3 Å². The first-order valence-corrected chi connectivity index (χ1v) is 6.82. The van der Waals surface area contributed by atoms with Crippen molar-refractivity contribution in [1.29, 1.82) is 0 Å². The first-order chi connectivity index (χ1) is 9.79. The molecule has 0 aromatic rings. The molecule has 0 aliphatic carbocycles. The molecule has 0 aromatic carbocycles. The van der Waals surface area contributed by atoms with Crippen LogP contribution in [-0.4, -0.2) is 54.9 Å². The summed E-state index contributed by atoms with van der Waals surface area (Å²) < 4.78 is 37.5. The van der Waals surface area contributed by atoms with Gasteiger partial charge in [0.25, 0.3) is 0 Å². The normalized spacial score (nSPS) is 33.6. The number of aliphatic hydroxyl groups excluding tert-OH is 1. The van der Waals surface area contributed by atoms with Gasteiger partial charge in [0.1, 0.15) is 12.0 Å². The van der Waals surface area contributed by atoms with Gasteiger partial charge in [-0.05, 0) is 12.8 Å². The van der Waals surface area contributed by atoms with Crippen molar-refractivity contribution in [3.05, 3.63) is 0 Å². The summed E-state index contributed by atoms with van der Waals surface area (Å²) in [5.41, 5.74) is 0. The molecule has 2 saturated heterocycles. The fourth-order valence-corrected chi connectivity index (χ4v) is 2.59. The summed E-state index contributed by atoms with van der Waals surface area (Å²) >= 11 is 0. The molecule has 9 heteroatoms. The fraction of sp³-hybridized carbons (Fsp3) is 0.833. The molecule has 2 heterocycles. The largest absolute Gasteiger partial charge is 0.408 e. The van der Waals surface area contributed by atoms with E-state index in [4.69, 9.17) is 0 Å². The number of halogens is 3.